The third-order valence-electron chi connectivity index (χ3n) is 3.98. The van der Waals surface area contributed by atoms with Crippen LogP contribution >= 0.6 is 11.8 Å². The summed E-state index contributed by atoms with van der Waals surface area (Å²) in [7, 11) is 0. The second kappa shape index (κ2) is 6.61. The van der Waals surface area contributed by atoms with E-state index in [1.807, 2.05) is 48.5 Å². The van der Waals surface area contributed by atoms with Gasteiger partial charge >= 0.3 is 5.97 Å². The zero-order valence-corrected chi connectivity index (χ0v) is 14.5. The lowest BCUT2D eigenvalue weighted by Gasteiger charge is -2.17. The lowest BCUT2D eigenvalue weighted by molar-refractivity contribution is -0.130. The predicted molar refractivity (Wildman–Crippen MR) is 101 cm³/mol. The Morgan fingerprint density at radius 2 is 1.84 bits per heavy atom. The van der Waals surface area contributed by atoms with Crippen LogP contribution in [-0.4, -0.2) is 18.4 Å². The molecule has 2 aliphatic rings. The molecule has 25 heavy (non-hydrogen) atoms. The molecule has 0 atom stereocenters. The van der Waals surface area contributed by atoms with Gasteiger partial charge in [0.25, 0.3) is 0 Å². The molecule has 2 aliphatic heterocycles. The third kappa shape index (κ3) is 2.98. The van der Waals surface area contributed by atoms with Gasteiger partial charge in [0.2, 0.25) is 5.90 Å². The molecule has 0 spiro atoms. The van der Waals surface area contributed by atoms with Gasteiger partial charge in [0.05, 0.1) is 10.7 Å². The number of hydrogen-bond acceptors (Lipinski definition) is 5. The van der Waals surface area contributed by atoms with E-state index in [4.69, 9.17) is 4.74 Å². The number of hydrogen-bond donors (Lipinski definition) is 0. The summed E-state index contributed by atoms with van der Waals surface area (Å²) in [6, 6.07) is 17.7. The van der Waals surface area contributed by atoms with Crippen LogP contribution in [0, 0.1) is 0 Å². The smallest absolute Gasteiger partial charge is 0.363 e. The van der Waals surface area contributed by atoms with Crippen molar-refractivity contribution < 1.29 is 9.53 Å². The number of cyclic esters (lactones) is 1. The van der Waals surface area contributed by atoms with E-state index in [0.29, 0.717) is 11.6 Å². The van der Waals surface area contributed by atoms with E-state index in [-0.39, 0.29) is 0 Å². The van der Waals surface area contributed by atoms with Gasteiger partial charge in [-0.1, -0.05) is 42.1 Å². The van der Waals surface area contributed by atoms with E-state index in [1.165, 1.54) is 10.6 Å². The number of carbonyl (C=O) groups is 1. The molecule has 0 saturated heterocycles. The van der Waals surface area contributed by atoms with Crippen molar-refractivity contribution in [2.24, 2.45) is 4.99 Å². The van der Waals surface area contributed by atoms with Crippen molar-refractivity contribution >= 4 is 29.3 Å². The molecule has 2 aromatic rings. The lowest BCUT2D eigenvalue weighted by Crippen LogP contribution is -2.16. The Morgan fingerprint density at radius 1 is 1.08 bits per heavy atom. The number of benzene rings is 2. The summed E-state index contributed by atoms with van der Waals surface area (Å²) >= 11 is 1.69. The van der Waals surface area contributed by atoms with Crippen LogP contribution in [0.2, 0.25) is 0 Å². The number of esters is 1. The van der Waals surface area contributed by atoms with Crippen LogP contribution < -0.4 is 4.90 Å². The summed E-state index contributed by atoms with van der Waals surface area (Å²) < 4.78 is 5.28. The largest absolute Gasteiger partial charge is 0.402 e. The monoisotopic (exact) mass is 348 g/mol. The molecule has 0 N–H and O–H groups in total. The molecule has 5 heteroatoms. The highest BCUT2D eigenvalue weighted by atomic mass is 32.2. The molecule has 0 aromatic heterocycles. The minimum Gasteiger partial charge on any atom is -0.402 e. The molecule has 2 heterocycles. The molecule has 0 fully saturated rings. The molecule has 124 valence electrons. The number of anilines is 1. The average molecular weight is 348 g/mol. The highest BCUT2D eigenvalue weighted by molar-refractivity contribution is 8.03. The van der Waals surface area contributed by atoms with E-state index >= 15 is 0 Å². The van der Waals surface area contributed by atoms with E-state index in [1.54, 1.807) is 17.8 Å². The highest BCUT2D eigenvalue weighted by Gasteiger charge is 2.25. The maximum atomic E-state index is 12.1. The van der Waals surface area contributed by atoms with Crippen molar-refractivity contribution in [2.45, 2.75) is 11.8 Å². The SMILES string of the molecule is CCN1C(=CC=C2N=C(c3ccccc3)OC2=O)Sc2ccccc21. The summed E-state index contributed by atoms with van der Waals surface area (Å²) in [5.74, 6) is -0.0655. The van der Waals surface area contributed by atoms with Gasteiger partial charge in [-0.15, -0.1) is 0 Å². The maximum absolute atomic E-state index is 12.1. The van der Waals surface area contributed by atoms with Crippen molar-refractivity contribution in [1.29, 1.82) is 0 Å². The molecule has 0 bridgehead atoms. The van der Waals surface area contributed by atoms with Gasteiger partial charge in [0.1, 0.15) is 0 Å². The molecule has 4 rings (SSSR count). The Labute approximate surface area is 150 Å². The van der Waals surface area contributed by atoms with Gasteiger partial charge < -0.3 is 9.64 Å². The van der Waals surface area contributed by atoms with Crippen LogP contribution in [0.5, 0.6) is 0 Å². The van der Waals surface area contributed by atoms with Crippen molar-refractivity contribution in [1.82, 2.24) is 0 Å². The number of carbonyl (C=O) groups excluding carboxylic acids is 1. The number of ether oxygens (including phenoxy) is 1. The van der Waals surface area contributed by atoms with Crippen LogP contribution in [0.15, 0.2) is 87.4 Å². The fraction of sp³-hybridized carbons (Fsp3) is 0.100. The van der Waals surface area contributed by atoms with Gasteiger partial charge in [-0.2, -0.15) is 0 Å². The molecule has 0 aliphatic carbocycles. The Morgan fingerprint density at radius 3 is 2.64 bits per heavy atom. The Balaban J connectivity index is 1.62. The molecule has 0 saturated carbocycles. The summed E-state index contributed by atoms with van der Waals surface area (Å²) in [5.41, 5.74) is 2.31. The second-order valence-electron chi connectivity index (χ2n) is 5.54. The first kappa shape index (κ1) is 15.7. The quantitative estimate of drug-likeness (QED) is 0.611. The number of fused-ring (bicyclic) bond motifs is 1. The molecule has 4 nitrogen and oxygen atoms in total. The van der Waals surface area contributed by atoms with Crippen molar-refractivity contribution in [3.05, 3.63) is 83.0 Å². The molecular weight excluding hydrogens is 332 g/mol. The maximum Gasteiger partial charge on any atom is 0.363 e. The standard InChI is InChI=1S/C20H16N2O2S/c1-2-22-16-10-6-7-11-17(16)25-18(22)13-12-15-20(23)24-19(21-15)14-8-4-3-5-9-14/h3-13H,2H2,1H3. The van der Waals surface area contributed by atoms with Crippen LogP contribution in [0.25, 0.3) is 0 Å². The first-order valence-corrected chi connectivity index (χ1v) is 8.90. The number of para-hydroxylation sites is 1. The summed E-state index contributed by atoms with van der Waals surface area (Å²) in [5, 5.41) is 1.08. The number of aliphatic imine (C=N–C) groups is 1. The normalized spacial score (nSPS) is 19.3. The first-order chi connectivity index (χ1) is 12.3. The van der Waals surface area contributed by atoms with Gasteiger partial charge in [0, 0.05) is 17.0 Å². The molecule has 2 aromatic carbocycles. The Kier molecular flexibility index (Phi) is 4.15. The zero-order valence-electron chi connectivity index (χ0n) is 13.7. The van der Waals surface area contributed by atoms with Gasteiger partial charge in [-0.25, -0.2) is 9.79 Å². The topological polar surface area (TPSA) is 41.9 Å². The molecule has 0 amide bonds. The van der Waals surface area contributed by atoms with E-state index in [2.05, 4.69) is 28.9 Å². The molecule has 0 unspecified atom stereocenters. The summed E-state index contributed by atoms with van der Waals surface area (Å²) in [4.78, 5) is 19.9. The number of rotatable bonds is 3. The van der Waals surface area contributed by atoms with Crippen LogP contribution in [0.3, 0.4) is 0 Å². The Hall–Kier alpha value is -2.79. The number of thioether (sulfide) groups is 1. The minimum absolute atomic E-state index is 0.318. The highest BCUT2D eigenvalue weighted by Crippen LogP contribution is 2.45. The molecule has 0 radical (unpaired) electrons. The average Bonchev–Trinajstić information content (AvgIpc) is 3.20. The van der Waals surface area contributed by atoms with Crippen molar-refractivity contribution in [2.75, 3.05) is 11.4 Å². The minimum atomic E-state index is -0.417. The van der Waals surface area contributed by atoms with Gasteiger partial charge in [0.15, 0.2) is 5.70 Å². The van der Waals surface area contributed by atoms with Crippen molar-refractivity contribution in [3.8, 4) is 0 Å². The number of allylic oxidation sites excluding steroid dienone is 2. The van der Waals surface area contributed by atoms with Crippen LogP contribution in [0.1, 0.15) is 12.5 Å². The van der Waals surface area contributed by atoms with Crippen LogP contribution in [-0.2, 0) is 9.53 Å². The van der Waals surface area contributed by atoms with E-state index in [0.717, 1.165) is 17.1 Å². The van der Waals surface area contributed by atoms with Crippen LogP contribution in [0.4, 0.5) is 5.69 Å². The summed E-state index contributed by atoms with van der Waals surface area (Å²) in [6.45, 7) is 2.97. The summed E-state index contributed by atoms with van der Waals surface area (Å²) in [6.07, 6.45) is 3.66. The van der Waals surface area contributed by atoms with Gasteiger partial charge in [-0.3, -0.25) is 0 Å². The van der Waals surface area contributed by atoms with Gasteiger partial charge in [-0.05, 0) is 43.3 Å². The third-order valence-corrected chi connectivity index (χ3v) is 5.11. The fourth-order valence-electron chi connectivity index (χ4n) is 2.78. The molecular formula is C20H16N2O2S. The van der Waals surface area contributed by atoms with E-state index < -0.39 is 5.97 Å². The zero-order chi connectivity index (χ0) is 17.2. The fourth-order valence-corrected chi connectivity index (χ4v) is 3.91. The second-order valence-corrected chi connectivity index (χ2v) is 6.61. The predicted octanol–water partition coefficient (Wildman–Crippen LogP) is 4.35. The van der Waals surface area contributed by atoms with Crippen molar-refractivity contribution in [3.63, 3.8) is 0 Å². The lowest BCUT2D eigenvalue weighted by atomic mass is 10.2. The Bertz CT molecular complexity index is 916. The first-order valence-electron chi connectivity index (χ1n) is 8.09. The number of nitrogens with zero attached hydrogens (tertiary/aromatic N) is 2. The van der Waals surface area contributed by atoms with E-state index in [9.17, 15) is 4.79 Å².